The van der Waals surface area contributed by atoms with Crippen molar-refractivity contribution in [3.63, 3.8) is 0 Å². The van der Waals surface area contributed by atoms with Crippen LogP contribution in [0.3, 0.4) is 0 Å². The summed E-state index contributed by atoms with van der Waals surface area (Å²) in [6.45, 7) is 2.14. The molecule has 0 fully saturated rings. The van der Waals surface area contributed by atoms with Crippen molar-refractivity contribution in [2.45, 2.75) is 13.3 Å². The topological polar surface area (TPSA) is 86.8 Å². The molecule has 7 nitrogen and oxygen atoms in total. The van der Waals surface area contributed by atoms with Crippen molar-refractivity contribution in [1.29, 1.82) is 0 Å². The summed E-state index contributed by atoms with van der Waals surface area (Å²) in [5, 5.41) is 2.93. The van der Waals surface area contributed by atoms with Crippen LogP contribution in [0.2, 0.25) is 0 Å². The van der Waals surface area contributed by atoms with E-state index < -0.39 is 0 Å². The molecule has 7 heteroatoms. The van der Waals surface area contributed by atoms with E-state index in [2.05, 4.69) is 5.32 Å². The minimum absolute atomic E-state index is 0.0701. The molecule has 1 aliphatic rings. The third kappa shape index (κ3) is 5.33. The van der Waals surface area contributed by atoms with Crippen molar-refractivity contribution < 1.29 is 19.2 Å². The number of amides is 3. The lowest BCUT2D eigenvalue weighted by atomic mass is 9.98. The van der Waals surface area contributed by atoms with Crippen LogP contribution in [0.25, 0.3) is 11.1 Å². The molecule has 1 aliphatic heterocycles. The van der Waals surface area contributed by atoms with Gasteiger partial charge in [-0.1, -0.05) is 60.2 Å². The average molecular weight is 518 g/mol. The number of fused-ring (bicyclic) bond motifs is 1. The first-order chi connectivity index (χ1) is 19.0. The van der Waals surface area contributed by atoms with E-state index in [1.165, 1.54) is 4.90 Å². The van der Waals surface area contributed by atoms with Crippen LogP contribution in [0.4, 0.5) is 17.1 Å². The highest BCUT2D eigenvalue weighted by Crippen LogP contribution is 2.33. The number of carbonyl (C=O) groups is 4. The summed E-state index contributed by atoms with van der Waals surface area (Å²) in [7, 11) is 0. The molecule has 4 aromatic carbocycles. The molecule has 5 rings (SSSR count). The van der Waals surface area contributed by atoms with Gasteiger partial charge in [-0.25, -0.2) is 0 Å². The molecule has 1 N–H and O–H groups in total. The second-order valence-electron chi connectivity index (χ2n) is 9.31. The fourth-order valence-electron chi connectivity index (χ4n) is 4.72. The number of aryl methyl sites for hydroxylation is 1. The quantitative estimate of drug-likeness (QED) is 0.342. The van der Waals surface area contributed by atoms with Gasteiger partial charge < -0.3 is 19.9 Å². The molecule has 0 aliphatic carbocycles. The summed E-state index contributed by atoms with van der Waals surface area (Å²) in [6.07, 6.45) is 0.779. The molecule has 0 radical (unpaired) electrons. The molecule has 1 heterocycles. The van der Waals surface area contributed by atoms with Gasteiger partial charge in [0.1, 0.15) is 6.29 Å². The van der Waals surface area contributed by atoms with Gasteiger partial charge in [0.05, 0.1) is 17.9 Å². The van der Waals surface area contributed by atoms with Gasteiger partial charge in [-0.2, -0.15) is 0 Å². The summed E-state index contributed by atoms with van der Waals surface area (Å²) in [5.74, 6) is -0.736. The van der Waals surface area contributed by atoms with Crippen LogP contribution in [0.15, 0.2) is 97.1 Å². The Balaban J connectivity index is 1.36. The Morgan fingerprint density at radius 3 is 2.23 bits per heavy atom. The van der Waals surface area contributed by atoms with Crippen molar-refractivity contribution in [3.8, 4) is 11.1 Å². The number of nitrogens with zero attached hydrogens (tertiary/aromatic N) is 2. The van der Waals surface area contributed by atoms with E-state index in [1.54, 1.807) is 59.5 Å². The van der Waals surface area contributed by atoms with Gasteiger partial charge in [-0.3, -0.25) is 14.4 Å². The molecule has 3 amide bonds. The zero-order valence-corrected chi connectivity index (χ0v) is 21.5. The first kappa shape index (κ1) is 25.6. The fourth-order valence-corrected chi connectivity index (χ4v) is 4.72. The second kappa shape index (κ2) is 11.1. The number of hydrogen-bond donors (Lipinski definition) is 1. The number of anilines is 3. The molecule has 0 aromatic heterocycles. The molecular formula is C32H27N3O4. The first-order valence-electron chi connectivity index (χ1n) is 12.7. The Morgan fingerprint density at radius 2 is 1.51 bits per heavy atom. The maximum absolute atomic E-state index is 13.5. The third-order valence-electron chi connectivity index (χ3n) is 6.74. The van der Waals surface area contributed by atoms with Gasteiger partial charge in [0, 0.05) is 29.8 Å². The molecule has 0 saturated heterocycles. The highest BCUT2D eigenvalue weighted by Gasteiger charge is 2.29. The van der Waals surface area contributed by atoms with Gasteiger partial charge in [0.2, 0.25) is 5.91 Å². The highest BCUT2D eigenvalue weighted by atomic mass is 16.2. The minimum atomic E-state index is -0.272. The Bertz CT molecular complexity index is 1540. The summed E-state index contributed by atoms with van der Waals surface area (Å²) < 4.78 is 0. The van der Waals surface area contributed by atoms with Gasteiger partial charge in [-0.05, 0) is 60.5 Å². The number of benzene rings is 4. The molecule has 39 heavy (non-hydrogen) atoms. The Labute approximate surface area is 226 Å². The Hall–Kier alpha value is -5.04. The zero-order valence-electron chi connectivity index (χ0n) is 21.5. The lowest BCUT2D eigenvalue weighted by molar-refractivity contribution is -0.119. The summed E-state index contributed by atoms with van der Waals surface area (Å²) in [5.41, 5.74) is 5.54. The van der Waals surface area contributed by atoms with Gasteiger partial charge in [0.25, 0.3) is 11.8 Å². The van der Waals surface area contributed by atoms with Gasteiger partial charge >= 0.3 is 0 Å². The zero-order chi connectivity index (χ0) is 27.4. The van der Waals surface area contributed by atoms with E-state index >= 15 is 0 Å². The van der Waals surface area contributed by atoms with E-state index in [-0.39, 0.29) is 37.2 Å². The van der Waals surface area contributed by atoms with Crippen LogP contribution in [-0.4, -0.2) is 37.1 Å². The third-order valence-corrected chi connectivity index (χ3v) is 6.74. The lowest BCUT2D eigenvalue weighted by Gasteiger charge is -2.24. The van der Waals surface area contributed by atoms with E-state index in [9.17, 15) is 19.2 Å². The lowest BCUT2D eigenvalue weighted by Crippen LogP contribution is -2.32. The van der Waals surface area contributed by atoms with Crippen molar-refractivity contribution in [2.24, 2.45) is 0 Å². The minimum Gasteiger partial charge on any atom is -0.322 e. The fraction of sp³-hybridized carbons (Fsp3) is 0.125. The van der Waals surface area contributed by atoms with Gasteiger partial charge in [-0.15, -0.1) is 0 Å². The predicted octanol–water partition coefficient (Wildman–Crippen LogP) is 5.50. The van der Waals surface area contributed by atoms with Crippen LogP contribution in [0, 0.1) is 6.92 Å². The average Bonchev–Trinajstić information content (AvgIpc) is 3.10. The van der Waals surface area contributed by atoms with E-state index in [1.807, 2.05) is 49.4 Å². The Morgan fingerprint density at radius 1 is 0.846 bits per heavy atom. The van der Waals surface area contributed by atoms with Crippen LogP contribution in [0.5, 0.6) is 0 Å². The smallest absolute Gasteiger partial charge is 0.258 e. The maximum atomic E-state index is 13.5. The molecule has 0 saturated carbocycles. The largest absolute Gasteiger partial charge is 0.322 e. The van der Waals surface area contributed by atoms with Crippen molar-refractivity contribution in [2.75, 3.05) is 28.2 Å². The van der Waals surface area contributed by atoms with Crippen molar-refractivity contribution >= 4 is 41.1 Å². The molecule has 4 aromatic rings. The second-order valence-corrected chi connectivity index (χ2v) is 9.31. The number of aldehydes is 1. The summed E-state index contributed by atoms with van der Waals surface area (Å²) in [4.78, 5) is 53.5. The normalized spacial score (nSPS) is 12.9. The van der Waals surface area contributed by atoms with Crippen molar-refractivity contribution in [1.82, 2.24) is 0 Å². The van der Waals surface area contributed by atoms with Crippen LogP contribution < -0.4 is 15.1 Å². The number of rotatable bonds is 6. The van der Waals surface area contributed by atoms with Crippen LogP contribution in [0.1, 0.15) is 32.7 Å². The number of para-hydroxylation sites is 2. The van der Waals surface area contributed by atoms with Gasteiger partial charge in [0.15, 0.2) is 0 Å². The van der Waals surface area contributed by atoms with E-state index in [0.29, 0.717) is 34.5 Å². The SMILES string of the molecule is Cc1ccc(-c2ccccc2C(=O)Nc2ccc(C(=O)N3CCC(=O)N(CC=O)c4ccccc43)cc2)cc1. The standard InChI is InChI=1S/C32H27N3O4/c1-22-10-12-23(13-11-22)26-6-2-3-7-27(26)31(38)33-25-16-14-24(15-17-25)32(39)35-19-18-30(37)34(20-21-36)28-8-4-5-9-29(28)35/h2-17,21H,18-20H2,1H3,(H,33,38). The highest BCUT2D eigenvalue weighted by molar-refractivity contribution is 6.12. The molecule has 194 valence electrons. The monoisotopic (exact) mass is 517 g/mol. The van der Waals surface area contributed by atoms with Crippen LogP contribution >= 0.6 is 0 Å². The predicted molar refractivity (Wildman–Crippen MR) is 152 cm³/mol. The number of hydrogen-bond acceptors (Lipinski definition) is 4. The molecule has 0 bridgehead atoms. The van der Waals surface area contributed by atoms with E-state index in [4.69, 9.17) is 0 Å². The molecular weight excluding hydrogens is 490 g/mol. The Kier molecular flexibility index (Phi) is 7.32. The summed E-state index contributed by atoms with van der Waals surface area (Å²) in [6, 6.07) is 29.2. The molecule has 0 atom stereocenters. The number of nitrogens with one attached hydrogen (secondary N) is 1. The summed E-state index contributed by atoms with van der Waals surface area (Å²) >= 11 is 0. The molecule has 0 spiro atoms. The number of carbonyl (C=O) groups excluding carboxylic acids is 4. The van der Waals surface area contributed by atoms with Crippen molar-refractivity contribution in [3.05, 3.63) is 114 Å². The van der Waals surface area contributed by atoms with E-state index in [0.717, 1.165) is 16.7 Å². The van der Waals surface area contributed by atoms with Crippen LogP contribution in [-0.2, 0) is 9.59 Å². The maximum Gasteiger partial charge on any atom is 0.258 e. The molecule has 0 unspecified atom stereocenters. The first-order valence-corrected chi connectivity index (χ1v) is 12.7.